The summed E-state index contributed by atoms with van der Waals surface area (Å²) in [6.07, 6.45) is 0. The van der Waals surface area contributed by atoms with Gasteiger partial charge in [0.1, 0.15) is 46.5 Å². The van der Waals surface area contributed by atoms with Crippen LogP contribution in [0.5, 0.6) is 0 Å². The van der Waals surface area contributed by atoms with Crippen LogP contribution in [0.2, 0.25) is 0 Å². The van der Waals surface area contributed by atoms with E-state index < -0.39 is 65.0 Å². The summed E-state index contributed by atoms with van der Waals surface area (Å²) in [4.78, 5) is 0. The largest absolute Gasteiger partial charge is 0.207 e. The van der Waals surface area contributed by atoms with E-state index in [0.717, 1.165) is 60.7 Å². The number of rotatable bonds is 6. The lowest BCUT2D eigenvalue weighted by atomic mass is 10.0. The smallest absolute Gasteiger partial charge is 0.193 e. The molecule has 0 unspecified atom stereocenters. The Morgan fingerprint density at radius 1 is 0.289 bits per heavy atom. The van der Waals surface area contributed by atoms with Crippen molar-refractivity contribution in [1.29, 1.82) is 0 Å². The lowest BCUT2D eigenvalue weighted by Gasteiger charge is -2.35. The zero-order valence-electron chi connectivity index (χ0n) is 23.1. The molecule has 0 fully saturated rings. The van der Waals surface area contributed by atoms with Gasteiger partial charge in [-0.2, -0.15) is 0 Å². The fourth-order valence-electron chi connectivity index (χ4n) is 5.90. The Kier molecular flexibility index (Phi) is 7.88. The molecule has 0 spiro atoms. The summed E-state index contributed by atoms with van der Waals surface area (Å²) >= 11 is 0. The summed E-state index contributed by atoms with van der Waals surface area (Å²) in [7, 11) is -4.66. The zero-order valence-corrected chi connectivity index (χ0v) is 24.1. The van der Waals surface area contributed by atoms with Crippen LogP contribution in [0.3, 0.4) is 0 Å². The maximum atomic E-state index is 15.9. The van der Waals surface area contributed by atoms with E-state index in [1.165, 1.54) is 60.7 Å². The Hall–Kier alpha value is -5.02. The number of hydrogen-bond donors (Lipinski definition) is 0. The molecule has 0 amide bonds. The van der Waals surface area contributed by atoms with Crippen LogP contribution in [0.4, 0.5) is 35.1 Å². The van der Waals surface area contributed by atoms with Gasteiger partial charge in [-0.05, 0) is 70.0 Å². The molecule has 0 aromatic heterocycles. The van der Waals surface area contributed by atoms with Gasteiger partial charge in [-0.3, -0.25) is 0 Å². The van der Waals surface area contributed by atoms with Gasteiger partial charge in [-0.1, -0.05) is 72.8 Å². The number of benzene rings is 6. The Morgan fingerprint density at radius 2 is 0.533 bits per heavy atom. The first kappa shape index (κ1) is 30.0. The number of hydrogen-bond acceptors (Lipinski definition) is 0. The molecule has 45 heavy (non-hydrogen) atoms. The highest BCUT2D eigenvalue weighted by Gasteiger charge is 2.49. The van der Waals surface area contributed by atoms with Gasteiger partial charge in [0.25, 0.3) is 0 Å². The molecule has 0 saturated heterocycles. The highest BCUT2D eigenvalue weighted by Crippen LogP contribution is 2.28. The zero-order chi connectivity index (χ0) is 31.9. The average molecular weight is 633 g/mol. The fraction of sp³-hybridized carbons (Fsp3) is 0. The van der Waals surface area contributed by atoms with Gasteiger partial charge in [0.2, 0.25) is 0 Å². The average Bonchev–Trinajstić information content (AvgIpc) is 3.00. The van der Waals surface area contributed by atoms with Gasteiger partial charge in [0.05, 0.1) is 11.1 Å². The maximum absolute atomic E-state index is 15.9. The standard InChI is InChI=1S/C36H20F8Si/c37-25-5-1-6-26(38)33(25)21-13-17-23(18-14-21)45(35-29(41)9-3-10-30(35)42,36-31(43)11-4-12-32(36)44)24-19-15-22(16-20-24)34-27(39)7-2-8-28(34)40/h1-20H. The minimum atomic E-state index is -4.66. The summed E-state index contributed by atoms with van der Waals surface area (Å²) in [5.74, 6) is -7.78. The molecule has 0 aliphatic heterocycles. The van der Waals surface area contributed by atoms with E-state index in [9.17, 15) is 17.6 Å². The van der Waals surface area contributed by atoms with Crippen molar-refractivity contribution < 1.29 is 35.1 Å². The SMILES string of the molecule is Fc1cccc(F)c1-c1ccc([Si](c2ccc(-c3c(F)cccc3F)cc2)(c2c(F)cccc2F)c2c(F)cccc2F)cc1. The van der Waals surface area contributed by atoms with Crippen LogP contribution in [0.25, 0.3) is 22.3 Å². The van der Waals surface area contributed by atoms with E-state index >= 15 is 17.6 Å². The molecule has 0 radical (unpaired) electrons. The first-order valence-electron chi connectivity index (χ1n) is 13.6. The predicted molar refractivity (Wildman–Crippen MR) is 161 cm³/mol. The van der Waals surface area contributed by atoms with Crippen molar-refractivity contribution in [2.45, 2.75) is 0 Å². The minimum absolute atomic E-state index is 0.0702. The molecule has 6 aromatic carbocycles. The van der Waals surface area contributed by atoms with Gasteiger partial charge in [0, 0.05) is 10.4 Å². The van der Waals surface area contributed by atoms with E-state index in [4.69, 9.17) is 0 Å². The molecule has 0 aliphatic rings. The topological polar surface area (TPSA) is 0 Å². The van der Waals surface area contributed by atoms with Crippen molar-refractivity contribution in [1.82, 2.24) is 0 Å². The Morgan fingerprint density at radius 3 is 0.800 bits per heavy atom. The summed E-state index contributed by atoms with van der Waals surface area (Å²) in [5, 5.41) is -1.08. The summed E-state index contributed by atoms with van der Waals surface area (Å²) < 4.78 is 122. The molecule has 0 N–H and O–H groups in total. The van der Waals surface area contributed by atoms with Crippen molar-refractivity contribution in [2.24, 2.45) is 0 Å². The highest BCUT2D eigenvalue weighted by molar-refractivity contribution is 7.20. The van der Waals surface area contributed by atoms with Crippen molar-refractivity contribution >= 4 is 28.8 Å². The quantitative estimate of drug-likeness (QED) is 0.101. The molecule has 0 aliphatic carbocycles. The van der Waals surface area contributed by atoms with Gasteiger partial charge >= 0.3 is 0 Å². The van der Waals surface area contributed by atoms with E-state index in [1.807, 2.05) is 0 Å². The predicted octanol–water partition coefficient (Wildman–Crippen LogP) is 7.51. The monoisotopic (exact) mass is 632 g/mol. The van der Waals surface area contributed by atoms with Crippen molar-refractivity contribution in [3.63, 3.8) is 0 Å². The van der Waals surface area contributed by atoms with E-state index in [-0.39, 0.29) is 32.6 Å². The summed E-state index contributed by atoms with van der Waals surface area (Å²) in [6, 6.07) is 23.3. The van der Waals surface area contributed by atoms with Crippen LogP contribution in [-0.4, -0.2) is 8.07 Å². The molecule has 6 rings (SSSR count). The molecule has 0 saturated carbocycles. The minimum Gasteiger partial charge on any atom is -0.207 e. The van der Waals surface area contributed by atoms with E-state index in [1.54, 1.807) is 0 Å². The van der Waals surface area contributed by atoms with E-state index in [2.05, 4.69) is 0 Å². The summed E-state index contributed by atoms with van der Waals surface area (Å²) in [5.41, 5.74) is -0.570. The second kappa shape index (κ2) is 11.8. The normalized spacial score (nSPS) is 11.6. The van der Waals surface area contributed by atoms with E-state index in [0.29, 0.717) is 0 Å². The fourth-order valence-corrected chi connectivity index (χ4v) is 10.7. The second-order valence-electron chi connectivity index (χ2n) is 10.3. The molecule has 0 heterocycles. The first-order valence-corrected chi connectivity index (χ1v) is 15.6. The highest BCUT2D eigenvalue weighted by atomic mass is 28.3. The third-order valence-electron chi connectivity index (χ3n) is 7.81. The molecule has 0 bridgehead atoms. The van der Waals surface area contributed by atoms with Crippen molar-refractivity contribution in [3.05, 3.63) is 168 Å². The van der Waals surface area contributed by atoms with Crippen LogP contribution in [0.15, 0.2) is 121 Å². The van der Waals surface area contributed by atoms with Crippen LogP contribution in [0.1, 0.15) is 0 Å². The molecule has 0 nitrogen and oxygen atoms in total. The molecule has 6 aromatic rings. The third-order valence-corrected chi connectivity index (χ3v) is 12.7. The lowest BCUT2D eigenvalue weighted by molar-refractivity contribution is 0.589. The molecular weight excluding hydrogens is 612 g/mol. The van der Waals surface area contributed by atoms with Crippen LogP contribution < -0.4 is 20.7 Å². The summed E-state index contributed by atoms with van der Waals surface area (Å²) in [6.45, 7) is 0. The maximum Gasteiger partial charge on any atom is 0.193 e. The number of halogens is 8. The van der Waals surface area contributed by atoms with Crippen molar-refractivity contribution in [3.8, 4) is 22.3 Å². The molecule has 224 valence electrons. The lowest BCUT2D eigenvalue weighted by Crippen LogP contribution is -2.77. The van der Waals surface area contributed by atoms with Crippen molar-refractivity contribution in [2.75, 3.05) is 0 Å². The van der Waals surface area contributed by atoms with Gasteiger partial charge < -0.3 is 0 Å². The van der Waals surface area contributed by atoms with Gasteiger partial charge in [-0.15, -0.1) is 0 Å². The second-order valence-corrected chi connectivity index (χ2v) is 13.9. The van der Waals surface area contributed by atoms with Crippen LogP contribution in [0, 0.1) is 46.5 Å². The third kappa shape index (κ3) is 5.03. The Labute approximate surface area is 253 Å². The van der Waals surface area contributed by atoms with Gasteiger partial charge in [-0.25, -0.2) is 35.1 Å². The van der Waals surface area contributed by atoms with Crippen LogP contribution in [-0.2, 0) is 0 Å². The Balaban J connectivity index is 1.70. The Bertz CT molecular complexity index is 1810. The molecule has 9 heteroatoms. The molecular formula is C36H20F8Si. The van der Waals surface area contributed by atoms with Gasteiger partial charge in [0.15, 0.2) is 8.07 Å². The van der Waals surface area contributed by atoms with Crippen LogP contribution >= 0.6 is 0 Å². The first-order chi connectivity index (χ1) is 21.6. The molecule has 0 atom stereocenters.